The van der Waals surface area contributed by atoms with Crippen LogP contribution in [0.1, 0.15) is 5.56 Å². The summed E-state index contributed by atoms with van der Waals surface area (Å²) in [6, 6.07) is 14.3. The van der Waals surface area contributed by atoms with Gasteiger partial charge in [-0.15, -0.1) is 0 Å². The third kappa shape index (κ3) is 2.60. The van der Waals surface area contributed by atoms with Crippen LogP contribution in [-0.4, -0.2) is 0 Å². The first-order valence-corrected chi connectivity index (χ1v) is 6.56. The minimum absolute atomic E-state index is 0.808. The number of hydrogen-bond acceptors (Lipinski definition) is 2. The van der Waals surface area contributed by atoms with Gasteiger partial charge in [0.05, 0.1) is 0 Å². The number of aryl methyl sites for hydroxylation is 1. The number of anilines is 1. The highest BCUT2D eigenvalue weighted by Gasteiger charge is 2.04. The maximum absolute atomic E-state index is 5.97. The van der Waals surface area contributed by atoms with Crippen molar-refractivity contribution in [2.24, 2.45) is 0 Å². The van der Waals surface area contributed by atoms with Gasteiger partial charge in [-0.2, -0.15) is 0 Å². The van der Waals surface area contributed by atoms with Crippen molar-refractivity contribution in [2.75, 3.05) is 5.73 Å². The molecular formula is C13H12BrNS. The molecule has 3 heteroatoms. The van der Waals surface area contributed by atoms with Crippen LogP contribution in [0.3, 0.4) is 0 Å². The Hall–Kier alpha value is -0.930. The highest BCUT2D eigenvalue weighted by atomic mass is 79.9. The van der Waals surface area contributed by atoms with Crippen molar-refractivity contribution in [3.8, 4) is 0 Å². The van der Waals surface area contributed by atoms with Gasteiger partial charge in [-0.05, 0) is 36.8 Å². The Bertz CT molecular complexity index is 511. The molecule has 2 N–H and O–H groups in total. The molecule has 0 saturated carbocycles. The maximum atomic E-state index is 5.97. The highest BCUT2D eigenvalue weighted by molar-refractivity contribution is 9.10. The first-order chi connectivity index (χ1) is 7.66. The zero-order valence-corrected chi connectivity index (χ0v) is 11.3. The lowest BCUT2D eigenvalue weighted by molar-refractivity contribution is 1.29. The first kappa shape index (κ1) is 11.6. The molecule has 0 unspecified atom stereocenters. The third-order valence-corrected chi connectivity index (χ3v) is 4.05. The van der Waals surface area contributed by atoms with E-state index >= 15 is 0 Å². The normalized spacial score (nSPS) is 10.4. The summed E-state index contributed by atoms with van der Waals surface area (Å²) in [5, 5.41) is 0. The molecule has 0 aliphatic carbocycles. The molecule has 0 atom stereocenters. The Morgan fingerprint density at radius 1 is 1.06 bits per heavy atom. The molecule has 0 aliphatic heterocycles. The van der Waals surface area contributed by atoms with Crippen molar-refractivity contribution in [3.05, 3.63) is 52.5 Å². The molecule has 2 aromatic rings. The summed E-state index contributed by atoms with van der Waals surface area (Å²) in [6.07, 6.45) is 0. The molecule has 16 heavy (non-hydrogen) atoms. The fourth-order valence-corrected chi connectivity index (χ4v) is 2.71. The lowest BCUT2D eigenvalue weighted by Gasteiger charge is -2.07. The molecule has 0 fully saturated rings. The van der Waals surface area contributed by atoms with E-state index in [1.807, 2.05) is 30.3 Å². The fraction of sp³-hybridized carbons (Fsp3) is 0.0769. The molecule has 1 nitrogen and oxygen atoms in total. The number of nitrogen functional groups attached to an aromatic ring is 1. The van der Waals surface area contributed by atoms with Crippen LogP contribution in [0.5, 0.6) is 0 Å². The van der Waals surface area contributed by atoms with E-state index in [1.54, 1.807) is 11.8 Å². The van der Waals surface area contributed by atoms with Gasteiger partial charge in [0.2, 0.25) is 0 Å². The van der Waals surface area contributed by atoms with E-state index in [0.717, 1.165) is 15.1 Å². The molecule has 0 spiro atoms. The number of nitrogens with two attached hydrogens (primary N) is 1. The van der Waals surface area contributed by atoms with Crippen molar-refractivity contribution in [2.45, 2.75) is 16.7 Å². The van der Waals surface area contributed by atoms with Gasteiger partial charge >= 0.3 is 0 Å². The Labute approximate surface area is 108 Å². The van der Waals surface area contributed by atoms with E-state index in [1.165, 1.54) is 10.5 Å². The predicted molar refractivity (Wildman–Crippen MR) is 73.9 cm³/mol. The van der Waals surface area contributed by atoms with Crippen molar-refractivity contribution >= 4 is 33.4 Å². The summed E-state index contributed by atoms with van der Waals surface area (Å²) >= 11 is 5.11. The fourth-order valence-electron chi connectivity index (χ4n) is 1.40. The second-order valence-electron chi connectivity index (χ2n) is 3.55. The van der Waals surface area contributed by atoms with Gasteiger partial charge in [0.15, 0.2) is 0 Å². The summed E-state index contributed by atoms with van der Waals surface area (Å²) in [6.45, 7) is 2.11. The molecular weight excluding hydrogens is 282 g/mol. The number of benzene rings is 2. The molecule has 0 bridgehead atoms. The van der Waals surface area contributed by atoms with E-state index in [2.05, 4.69) is 35.0 Å². The molecule has 0 saturated heterocycles. The SMILES string of the molecule is Cc1ccccc1Sc1ccc(Br)cc1N. The quantitative estimate of drug-likeness (QED) is 0.826. The molecule has 0 radical (unpaired) electrons. The summed E-state index contributed by atoms with van der Waals surface area (Å²) < 4.78 is 1.01. The highest BCUT2D eigenvalue weighted by Crippen LogP contribution is 2.34. The number of halogens is 1. The van der Waals surface area contributed by atoms with Crippen molar-refractivity contribution in [1.29, 1.82) is 0 Å². The van der Waals surface area contributed by atoms with Crippen LogP contribution in [0.4, 0.5) is 5.69 Å². The zero-order valence-electron chi connectivity index (χ0n) is 8.91. The van der Waals surface area contributed by atoms with E-state index < -0.39 is 0 Å². The van der Waals surface area contributed by atoms with Gasteiger partial charge in [0.1, 0.15) is 0 Å². The van der Waals surface area contributed by atoms with Gasteiger partial charge in [0.25, 0.3) is 0 Å². The molecule has 0 aromatic heterocycles. The first-order valence-electron chi connectivity index (χ1n) is 4.95. The van der Waals surface area contributed by atoms with Gasteiger partial charge in [-0.25, -0.2) is 0 Å². The van der Waals surface area contributed by atoms with E-state index in [4.69, 9.17) is 5.73 Å². The van der Waals surface area contributed by atoms with E-state index in [-0.39, 0.29) is 0 Å². The molecule has 82 valence electrons. The van der Waals surface area contributed by atoms with E-state index in [0.29, 0.717) is 0 Å². The number of hydrogen-bond donors (Lipinski definition) is 1. The molecule has 0 heterocycles. The predicted octanol–water partition coefficient (Wildman–Crippen LogP) is 4.49. The number of rotatable bonds is 2. The minimum Gasteiger partial charge on any atom is -0.398 e. The molecule has 0 aliphatic rings. The molecule has 2 aromatic carbocycles. The second kappa shape index (κ2) is 4.93. The van der Waals surface area contributed by atoms with Crippen LogP contribution in [0.15, 0.2) is 56.7 Å². The van der Waals surface area contributed by atoms with Crippen LogP contribution in [-0.2, 0) is 0 Å². The van der Waals surface area contributed by atoms with Gasteiger partial charge < -0.3 is 5.73 Å². The summed E-state index contributed by atoms with van der Waals surface area (Å²) in [7, 11) is 0. The summed E-state index contributed by atoms with van der Waals surface area (Å²) in [5.41, 5.74) is 8.05. The van der Waals surface area contributed by atoms with E-state index in [9.17, 15) is 0 Å². The van der Waals surface area contributed by atoms with Crippen molar-refractivity contribution in [1.82, 2.24) is 0 Å². The van der Waals surface area contributed by atoms with Crippen LogP contribution in [0.2, 0.25) is 0 Å². The van der Waals surface area contributed by atoms with Crippen LogP contribution in [0.25, 0.3) is 0 Å². The average Bonchev–Trinajstić information content (AvgIpc) is 2.25. The molecule has 2 rings (SSSR count). The Kier molecular flexibility index (Phi) is 3.56. The third-order valence-electron chi connectivity index (χ3n) is 2.29. The Morgan fingerprint density at radius 3 is 2.50 bits per heavy atom. The minimum atomic E-state index is 0.808. The Balaban J connectivity index is 2.31. The van der Waals surface area contributed by atoms with Crippen LogP contribution < -0.4 is 5.73 Å². The lowest BCUT2D eigenvalue weighted by Crippen LogP contribution is -1.88. The smallest absolute Gasteiger partial charge is 0.0467 e. The molecule has 0 amide bonds. The summed E-state index contributed by atoms with van der Waals surface area (Å²) in [4.78, 5) is 2.34. The van der Waals surface area contributed by atoms with Gasteiger partial charge in [-0.3, -0.25) is 0 Å². The topological polar surface area (TPSA) is 26.0 Å². The Morgan fingerprint density at radius 2 is 1.81 bits per heavy atom. The maximum Gasteiger partial charge on any atom is 0.0467 e. The largest absolute Gasteiger partial charge is 0.398 e. The van der Waals surface area contributed by atoms with Gasteiger partial charge in [-0.1, -0.05) is 45.9 Å². The average molecular weight is 294 g/mol. The van der Waals surface area contributed by atoms with Crippen LogP contribution in [0, 0.1) is 6.92 Å². The zero-order chi connectivity index (χ0) is 11.5. The van der Waals surface area contributed by atoms with Crippen molar-refractivity contribution in [3.63, 3.8) is 0 Å². The van der Waals surface area contributed by atoms with Crippen LogP contribution >= 0.6 is 27.7 Å². The van der Waals surface area contributed by atoms with Gasteiger partial charge in [0, 0.05) is 20.0 Å². The lowest BCUT2D eigenvalue weighted by atomic mass is 10.2. The monoisotopic (exact) mass is 293 g/mol. The summed E-state index contributed by atoms with van der Waals surface area (Å²) in [5.74, 6) is 0. The standard InChI is InChI=1S/C13H12BrNS/c1-9-4-2-3-5-12(9)16-13-7-6-10(14)8-11(13)15/h2-8H,15H2,1H3. The van der Waals surface area contributed by atoms with Crippen molar-refractivity contribution < 1.29 is 0 Å². The second-order valence-corrected chi connectivity index (χ2v) is 5.55.